The molecule has 1 saturated heterocycles. The first-order valence-corrected chi connectivity index (χ1v) is 5.20. The molecule has 6 heteroatoms. The second kappa shape index (κ2) is 4.58. The normalized spacial score (nSPS) is 21.8. The van der Waals surface area contributed by atoms with E-state index in [-0.39, 0.29) is 6.04 Å². The Labute approximate surface area is 94.7 Å². The van der Waals surface area contributed by atoms with Crippen LogP contribution < -0.4 is 0 Å². The van der Waals surface area contributed by atoms with Crippen LogP contribution in [-0.2, 0) is 0 Å². The van der Waals surface area contributed by atoms with Gasteiger partial charge in [-0.15, -0.1) is 0 Å². The summed E-state index contributed by atoms with van der Waals surface area (Å²) in [5.41, 5.74) is -0.934. The number of piperazine rings is 1. The van der Waals surface area contributed by atoms with Gasteiger partial charge in [0.25, 0.3) is 0 Å². The maximum Gasteiger partial charge on any atom is 0.407 e. The van der Waals surface area contributed by atoms with E-state index in [4.69, 9.17) is 10.4 Å². The second-order valence-electron chi connectivity index (χ2n) is 4.69. The number of amides is 1. The van der Waals surface area contributed by atoms with Gasteiger partial charge >= 0.3 is 6.09 Å². The zero-order valence-corrected chi connectivity index (χ0v) is 9.55. The lowest BCUT2D eigenvalue weighted by Crippen LogP contribution is -2.55. The number of aliphatic hydroxyl groups is 1. The van der Waals surface area contributed by atoms with Crippen molar-refractivity contribution in [2.24, 2.45) is 0 Å². The number of carboxylic acid groups (broad SMARTS) is 1. The molecule has 1 amide bonds. The minimum Gasteiger partial charge on any atom is -0.465 e. The summed E-state index contributed by atoms with van der Waals surface area (Å²) in [5, 5.41) is 27.5. The highest BCUT2D eigenvalue weighted by Gasteiger charge is 2.33. The van der Waals surface area contributed by atoms with Gasteiger partial charge in [0.15, 0.2) is 6.19 Å². The molecule has 0 radical (unpaired) electrons. The monoisotopic (exact) mass is 227 g/mol. The van der Waals surface area contributed by atoms with Crippen molar-refractivity contribution in [1.82, 2.24) is 9.80 Å². The van der Waals surface area contributed by atoms with Crippen molar-refractivity contribution >= 4 is 6.09 Å². The van der Waals surface area contributed by atoms with E-state index in [0.29, 0.717) is 26.1 Å². The number of nitriles is 1. The Hall–Kier alpha value is -1.48. The van der Waals surface area contributed by atoms with Crippen LogP contribution in [0.25, 0.3) is 0 Å². The molecule has 2 N–H and O–H groups in total. The molecule has 0 aliphatic carbocycles. The van der Waals surface area contributed by atoms with Gasteiger partial charge in [0.2, 0.25) is 0 Å². The summed E-state index contributed by atoms with van der Waals surface area (Å²) in [7, 11) is 0. The Kier molecular flexibility index (Phi) is 3.60. The van der Waals surface area contributed by atoms with Crippen LogP contribution in [0.2, 0.25) is 0 Å². The Balaban J connectivity index is 2.73. The van der Waals surface area contributed by atoms with E-state index in [2.05, 4.69) is 0 Å². The second-order valence-corrected chi connectivity index (χ2v) is 4.69. The van der Waals surface area contributed by atoms with Crippen LogP contribution in [0.15, 0.2) is 0 Å². The van der Waals surface area contributed by atoms with Crippen LogP contribution >= 0.6 is 0 Å². The lowest BCUT2D eigenvalue weighted by Gasteiger charge is -2.39. The number of hydrogen-bond acceptors (Lipinski definition) is 4. The smallest absolute Gasteiger partial charge is 0.407 e. The van der Waals surface area contributed by atoms with Gasteiger partial charge in [0, 0.05) is 19.6 Å². The highest BCUT2D eigenvalue weighted by molar-refractivity contribution is 5.65. The molecule has 1 atom stereocenters. The van der Waals surface area contributed by atoms with E-state index in [0.717, 1.165) is 0 Å². The third-order valence-electron chi connectivity index (χ3n) is 2.61. The summed E-state index contributed by atoms with van der Waals surface area (Å²) in [6.07, 6.45) is 1.35. The summed E-state index contributed by atoms with van der Waals surface area (Å²) in [5.74, 6) is 0. The molecule has 1 aliphatic rings. The summed E-state index contributed by atoms with van der Waals surface area (Å²) >= 11 is 0. The largest absolute Gasteiger partial charge is 0.465 e. The number of rotatable bonds is 2. The van der Waals surface area contributed by atoms with Crippen molar-refractivity contribution in [2.75, 3.05) is 19.6 Å². The van der Waals surface area contributed by atoms with E-state index in [1.165, 1.54) is 9.80 Å². The molecule has 0 aromatic rings. The third-order valence-corrected chi connectivity index (χ3v) is 2.61. The first-order chi connectivity index (χ1) is 7.33. The fraction of sp³-hybridized carbons (Fsp3) is 0.800. The minimum absolute atomic E-state index is 0.309. The van der Waals surface area contributed by atoms with Gasteiger partial charge in [-0.2, -0.15) is 5.26 Å². The Bertz CT molecular complexity index is 305. The molecule has 0 spiro atoms. The molecule has 16 heavy (non-hydrogen) atoms. The van der Waals surface area contributed by atoms with Crippen molar-refractivity contribution in [3.8, 4) is 6.19 Å². The maximum atomic E-state index is 11.0. The van der Waals surface area contributed by atoms with Crippen LogP contribution in [-0.4, -0.2) is 57.4 Å². The summed E-state index contributed by atoms with van der Waals surface area (Å²) in [4.78, 5) is 13.8. The van der Waals surface area contributed by atoms with Gasteiger partial charge in [0.05, 0.1) is 11.6 Å². The summed E-state index contributed by atoms with van der Waals surface area (Å²) < 4.78 is 0. The fourth-order valence-corrected chi connectivity index (χ4v) is 1.95. The molecular formula is C10H17N3O3. The molecule has 1 aliphatic heterocycles. The minimum atomic E-state index is -0.994. The van der Waals surface area contributed by atoms with Crippen LogP contribution in [0, 0.1) is 11.5 Å². The van der Waals surface area contributed by atoms with Crippen LogP contribution in [0.5, 0.6) is 0 Å². The van der Waals surface area contributed by atoms with Gasteiger partial charge in [-0.1, -0.05) is 0 Å². The molecule has 6 nitrogen and oxygen atoms in total. The predicted octanol–water partition coefficient (Wildman–Crippen LogP) is 0.293. The molecule has 1 heterocycles. The number of carbonyl (C=O) groups is 1. The van der Waals surface area contributed by atoms with Crippen LogP contribution in [0.1, 0.15) is 20.3 Å². The molecule has 1 fully saturated rings. The first-order valence-electron chi connectivity index (χ1n) is 5.20. The van der Waals surface area contributed by atoms with E-state index >= 15 is 0 Å². The molecule has 0 aromatic heterocycles. The third kappa shape index (κ3) is 3.28. The topological polar surface area (TPSA) is 87.8 Å². The van der Waals surface area contributed by atoms with Crippen molar-refractivity contribution in [2.45, 2.75) is 31.9 Å². The summed E-state index contributed by atoms with van der Waals surface area (Å²) in [6.45, 7) is 4.36. The predicted molar refractivity (Wildman–Crippen MR) is 56.6 cm³/mol. The Morgan fingerprint density at radius 1 is 1.56 bits per heavy atom. The van der Waals surface area contributed by atoms with Gasteiger partial charge < -0.3 is 20.0 Å². The average Bonchev–Trinajstić information content (AvgIpc) is 2.14. The number of hydrogen-bond donors (Lipinski definition) is 2. The van der Waals surface area contributed by atoms with Gasteiger partial charge in [-0.25, -0.2) is 4.79 Å². The van der Waals surface area contributed by atoms with Crippen molar-refractivity contribution in [3.63, 3.8) is 0 Å². The standard InChI is InChI=1S/C10H17N3O3/c1-10(2,16)5-8-6-12(7-11)3-4-13(8)9(14)15/h8,16H,3-6H2,1-2H3,(H,14,15). The molecule has 90 valence electrons. The lowest BCUT2D eigenvalue weighted by molar-refractivity contribution is 0.0154. The molecule has 1 unspecified atom stereocenters. The van der Waals surface area contributed by atoms with Gasteiger partial charge in [-0.05, 0) is 20.3 Å². The highest BCUT2D eigenvalue weighted by atomic mass is 16.4. The molecule has 1 rings (SSSR count). The zero-order valence-electron chi connectivity index (χ0n) is 9.55. The van der Waals surface area contributed by atoms with Gasteiger partial charge in [-0.3, -0.25) is 0 Å². The van der Waals surface area contributed by atoms with E-state index in [1.54, 1.807) is 13.8 Å². The quantitative estimate of drug-likeness (QED) is 0.662. The van der Waals surface area contributed by atoms with Crippen molar-refractivity contribution in [3.05, 3.63) is 0 Å². The van der Waals surface area contributed by atoms with Crippen molar-refractivity contribution in [1.29, 1.82) is 5.26 Å². The number of nitrogens with zero attached hydrogens (tertiary/aromatic N) is 3. The molecule has 0 bridgehead atoms. The molecular weight excluding hydrogens is 210 g/mol. The molecule has 0 aromatic carbocycles. The maximum absolute atomic E-state index is 11.0. The SMILES string of the molecule is CC(C)(O)CC1CN(C#N)CCN1C(=O)O. The van der Waals surface area contributed by atoms with Crippen LogP contribution in [0.3, 0.4) is 0 Å². The fourth-order valence-electron chi connectivity index (χ4n) is 1.95. The average molecular weight is 227 g/mol. The Morgan fingerprint density at radius 3 is 2.62 bits per heavy atom. The van der Waals surface area contributed by atoms with E-state index in [9.17, 15) is 9.90 Å². The van der Waals surface area contributed by atoms with Crippen LogP contribution in [0.4, 0.5) is 4.79 Å². The first kappa shape index (κ1) is 12.6. The highest BCUT2D eigenvalue weighted by Crippen LogP contribution is 2.19. The summed E-state index contributed by atoms with van der Waals surface area (Å²) in [6, 6.07) is -0.328. The van der Waals surface area contributed by atoms with Gasteiger partial charge in [0.1, 0.15) is 0 Å². The molecule has 0 saturated carbocycles. The zero-order chi connectivity index (χ0) is 12.3. The van der Waals surface area contributed by atoms with Crippen molar-refractivity contribution < 1.29 is 15.0 Å². The lowest BCUT2D eigenvalue weighted by atomic mass is 9.96. The van der Waals surface area contributed by atoms with E-state index in [1.807, 2.05) is 6.19 Å². The Morgan fingerprint density at radius 2 is 2.19 bits per heavy atom. The van der Waals surface area contributed by atoms with E-state index < -0.39 is 11.7 Å².